The van der Waals surface area contributed by atoms with E-state index in [9.17, 15) is 10.2 Å². The monoisotopic (exact) mass is 386 g/mol. The molecule has 29 heavy (non-hydrogen) atoms. The molecule has 1 fully saturated rings. The first-order valence-corrected chi connectivity index (χ1v) is 10.8. The zero-order chi connectivity index (χ0) is 20.2. The summed E-state index contributed by atoms with van der Waals surface area (Å²) in [7, 11) is 0. The fraction of sp³-hybridized carbons (Fsp3) is 0.333. The van der Waals surface area contributed by atoms with Crippen LogP contribution in [-0.4, -0.2) is 16.3 Å². The third kappa shape index (κ3) is 4.89. The van der Waals surface area contributed by atoms with Gasteiger partial charge in [-0.15, -0.1) is 0 Å². The standard InChI is InChI=1S/C27H30O2/c1-19-18-24(12-17-27(19)23-10-15-26(29)16-11-23)22-8-4-20(5-9-22)2-3-21-6-13-25(28)14-7-21/h4-5,8-12,15-18,21,25,28-29H,2-3,6-7,13-14H2,1H3. The van der Waals surface area contributed by atoms with Gasteiger partial charge in [0, 0.05) is 0 Å². The van der Waals surface area contributed by atoms with Crippen molar-refractivity contribution in [3.63, 3.8) is 0 Å². The summed E-state index contributed by atoms with van der Waals surface area (Å²) in [5, 5.41) is 19.2. The minimum Gasteiger partial charge on any atom is -0.508 e. The van der Waals surface area contributed by atoms with Crippen LogP contribution in [0.3, 0.4) is 0 Å². The van der Waals surface area contributed by atoms with Crippen molar-refractivity contribution in [2.24, 2.45) is 5.92 Å². The van der Waals surface area contributed by atoms with Gasteiger partial charge in [0.1, 0.15) is 5.75 Å². The topological polar surface area (TPSA) is 40.5 Å². The van der Waals surface area contributed by atoms with Crippen molar-refractivity contribution in [3.05, 3.63) is 77.9 Å². The van der Waals surface area contributed by atoms with E-state index < -0.39 is 0 Å². The van der Waals surface area contributed by atoms with Crippen molar-refractivity contribution in [2.75, 3.05) is 0 Å². The second-order valence-corrected chi connectivity index (χ2v) is 8.49. The molecular weight excluding hydrogens is 356 g/mol. The minimum atomic E-state index is -0.0607. The average Bonchev–Trinajstić information content (AvgIpc) is 2.74. The van der Waals surface area contributed by atoms with Gasteiger partial charge in [-0.1, -0.05) is 54.6 Å². The van der Waals surface area contributed by atoms with Gasteiger partial charge in [-0.05, 0) is 96.9 Å². The Hall–Kier alpha value is -2.58. The van der Waals surface area contributed by atoms with E-state index in [2.05, 4.69) is 49.4 Å². The molecule has 3 aromatic rings. The smallest absolute Gasteiger partial charge is 0.115 e. The number of phenols is 1. The molecule has 0 unspecified atom stereocenters. The van der Waals surface area contributed by atoms with Crippen LogP contribution in [0, 0.1) is 12.8 Å². The third-order valence-corrected chi connectivity index (χ3v) is 6.35. The van der Waals surface area contributed by atoms with Crippen molar-refractivity contribution in [3.8, 4) is 28.0 Å². The van der Waals surface area contributed by atoms with E-state index in [4.69, 9.17) is 0 Å². The largest absolute Gasteiger partial charge is 0.508 e. The van der Waals surface area contributed by atoms with Crippen molar-refractivity contribution in [1.29, 1.82) is 0 Å². The second kappa shape index (κ2) is 8.84. The predicted molar refractivity (Wildman–Crippen MR) is 120 cm³/mol. The molecule has 4 rings (SSSR count). The number of aryl methyl sites for hydroxylation is 2. The van der Waals surface area contributed by atoms with E-state index in [1.54, 1.807) is 12.1 Å². The van der Waals surface area contributed by atoms with Crippen molar-refractivity contribution in [2.45, 2.75) is 51.6 Å². The summed E-state index contributed by atoms with van der Waals surface area (Å²) >= 11 is 0. The molecule has 0 saturated heterocycles. The van der Waals surface area contributed by atoms with Crippen molar-refractivity contribution >= 4 is 0 Å². The van der Waals surface area contributed by atoms with Crippen LogP contribution >= 0.6 is 0 Å². The number of aromatic hydroxyl groups is 1. The zero-order valence-corrected chi connectivity index (χ0v) is 17.1. The van der Waals surface area contributed by atoms with Gasteiger partial charge in [-0.2, -0.15) is 0 Å². The van der Waals surface area contributed by atoms with Gasteiger partial charge >= 0.3 is 0 Å². The second-order valence-electron chi connectivity index (χ2n) is 8.49. The Labute approximate surface area is 173 Å². The molecule has 0 spiro atoms. The Balaban J connectivity index is 1.42. The fourth-order valence-corrected chi connectivity index (χ4v) is 4.48. The van der Waals surface area contributed by atoms with Gasteiger partial charge in [-0.3, -0.25) is 0 Å². The van der Waals surface area contributed by atoms with Crippen LogP contribution in [-0.2, 0) is 6.42 Å². The highest BCUT2D eigenvalue weighted by Gasteiger charge is 2.18. The molecule has 0 amide bonds. The van der Waals surface area contributed by atoms with E-state index in [1.807, 2.05) is 12.1 Å². The number of hydrogen-bond donors (Lipinski definition) is 2. The molecule has 1 saturated carbocycles. The van der Waals surface area contributed by atoms with Crippen LogP contribution in [0.1, 0.15) is 43.2 Å². The Morgan fingerprint density at radius 1 is 0.759 bits per heavy atom. The first-order chi connectivity index (χ1) is 14.1. The zero-order valence-electron chi connectivity index (χ0n) is 17.1. The minimum absolute atomic E-state index is 0.0607. The highest BCUT2D eigenvalue weighted by molar-refractivity contribution is 5.73. The van der Waals surface area contributed by atoms with E-state index in [0.717, 1.165) is 30.7 Å². The molecule has 0 heterocycles. The fourth-order valence-electron chi connectivity index (χ4n) is 4.48. The molecule has 0 aliphatic heterocycles. The molecule has 0 atom stereocenters. The van der Waals surface area contributed by atoms with Crippen molar-refractivity contribution < 1.29 is 10.2 Å². The maximum atomic E-state index is 9.65. The molecule has 1 aliphatic carbocycles. The number of rotatable bonds is 5. The van der Waals surface area contributed by atoms with Crippen LogP contribution in [0.4, 0.5) is 0 Å². The summed E-state index contributed by atoms with van der Waals surface area (Å²) in [5.41, 5.74) is 7.43. The summed E-state index contributed by atoms with van der Waals surface area (Å²) in [6.45, 7) is 2.14. The SMILES string of the molecule is Cc1cc(-c2ccc(CCC3CCC(O)CC3)cc2)ccc1-c1ccc(O)cc1. The van der Waals surface area contributed by atoms with Crippen LogP contribution in [0.25, 0.3) is 22.3 Å². The van der Waals surface area contributed by atoms with Gasteiger partial charge in [0.15, 0.2) is 0 Å². The average molecular weight is 387 g/mol. The summed E-state index contributed by atoms with van der Waals surface area (Å²) in [6.07, 6.45) is 6.59. The van der Waals surface area contributed by atoms with Crippen LogP contribution in [0.5, 0.6) is 5.75 Å². The van der Waals surface area contributed by atoms with Crippen LogP contribution < -0.4 is 0 Å². The maximum Gasteiger partial charge on any atom is 0.115 e. The maximum absolute atomic E-state index is 9.65. The lowest BCUT2D eigenvalue weighted by Gasteiger charge is -2.25. The van der Waals surface area contributed by atoms with Crippen LogP contribution in [0.15, 0.2) is 66.7 Å². The molecule has 0 bridgehead atoms. The Bertz CT molecular complexity index is 933. The van der Waals surface area contributed by atoms with Crippen LogP contribution in [0.2, 0.25) is 0 Å². The summed E-state index contributed by atoms with van der Waals surface area (Å²) in [6, 6.07) is 23.0. The van der Waals surface area contributed by atoms with Gasteiger partial charge < -0.3 is 10.2 Å². The Morgan fingerprint density at radius 3 is 2.03 bits per heavy atom. The molecule has 2 N–H and O–H groups in total. The highest BCUT2D eigenvalue weighted by atomic mass is 16.3. The lowest BCUT2D eigenvalue weighted by Crippen LogP contribution is -2.18. The summed E-state index contributed by atoms with van der Waals surface area (Å²) in [5.74, 6) is 1.07. The van der Waals surface area contributed by atoms with Gasteiger partial charge in [-0.25, -0.2) is 0 Å². The number of phenolic OH excluding ortho intramolecular Hbond substituents is 1. The van der Waals surface area contributed by atoms with E-state index in [-0.39, 0.29) is 6.10 Å². The Kier molecular flexibility index (Phi) is 6.01. The Morgan fingerprint density at radius 2 is 1.38 bits per heavy atom. The third-order valence-electron chi connectivity index (χ3n) is 6.35. The van der Waals surface area contributed by atoms with Gasteiger partial charge in [0.05, 0.1) is 6.10 Å². The summed E-state index contributed by atoms with van der Waals surface area (Å²) < 4.78 is 0. The lowest BCUT2D eigenvalue weighted by atomic mass is 9.84. The first-order valence-electron chi connectivity index (χ1n) is 10.8. The number of hydrogen-bond acceptors (Lipinski definition) is 2. The number of aliphatic hydroxyl groups is 1. The molecule has 150 valence electrons. The van der Waals surface area contributed by atoms with Crippen molar-refractivity contribution in [1.82, 2.24) is 0 Å². The first kappa shape index (κ1) is 19.7. The number of aliphatic hydroxyl groups excluding tert-OH is 1. The molecule has 2 nitrogen and oxygen atoms in total. The lowest BCUT2D eigenvalue weighted by molar-refractivity contribution is 0.106. The molecule has 1 aliphatic rings. The van der Waals surface area contributed by atoms with E-state index in [0.29, 0.717) is 5.75 Å². The van der Waals surface area contributed by atoms with E-state index in [1.165, 1.54) is 47.1 Å². The molecule has 0 radical (unpaired) electrons. The summed E-state index contributed by atoms with van der Waals surface area (Å²) in [4.78, 5) is 0. The molecular formula is C27H30O2. The van der Waals surface area contributed by atoms with Gasteiger partial charge in [0.2, 0.25) is 0 Å². The normalized spacial score (nSPS) is 19.2. The quantitative estimate of drug-likeness (QED) is 0.524. The molecule has 3 aromatic carbocycles. The van der Waals surface area contributed by atoms with E-state index >= 15 is 0 Å². The number of benzene rings is 3. The molecule has 2 heteroatoms. The molecule has 0 aromatic heterocycles. The predicted octanol–water partition coefficient (Wildman–Crippen LogP) is 6.52. The van der Waals surface area contributed by atoms with Gasteiger partial charge in [0.25, 0.3) is 0 Å². The highest BCUT2D eigenvalue weighted by Crippen LogP contribution is 2.31.